The van der Waals surface area contributed by atoms with Gasteiger partial charge in [0.05, 0.1) is 44.6 Å². The van der Waals surface area contributed by atoms with E-state index < -0.39 is 17.6 Å². The van der Waals surface area contributed by atoms with Gasteiger partial charge in [-0.05, 0) is 42.8 Å². The van der Waals surface area contributed by atoms with Gasteiger partial charge in [0, 0.05) is 6.20 Å². The number of Topliss-reactive ketones (excluding diaryl/α,β-unsaturated/α-hetero) is 1. The molecule has 0 bridgehead atoms. The Hall–Kier alpha value is -3.83. The van der Waals surface area contributed by atoms with E-state index in [1.54, 1.807) is 42.5 Å². The van der Waals surface area contributed by atoms with E-state index in [9.17, 15) is 14.4 Å². The van der Waals surface area contributed by atoms with E-state index in [1.165, 1.54) is 35.4 Å². The summed E-state index contributed by atoms with van der Waals surface area (Å²) in [4.78, 5) is 39.7. The summed E-state index contributed by atoms with van der Waals surface area (Å²) in [5.74, 6) is -0.0366. The zero-order valence-electron chi connectivity index (χ0n) is 20.2. The highest BCUT2D eigenvalue weighted by Gasteiger charge is 2.33. The fraction of sp³-hybridized carbons (Fsp3) is 0.200. The van der Waals surface area contributed by atoms with Crippen LogP contribution in [0.4, 0.5) is 5.69 Å². The number of benzene rings is 2. The highest BCUT2D eigenvalue weighted by atomic mass is 32.2. The summed E-state index contributed by atoms with van der Waals surface area (Å²) in [5.41, 5.74) is 0.741. The van der Waals surface area contributed by atoms with E-state index in [1.807, 2.05) is 0 Å². The molecule has 0 spiro atoms. The van der Waals surface area contributed by atoms with Gasteiger partial charge in [-0.1, -0.05) is 36.1 Å². The molecule has 1 fully saturated rings. The fourth-order valence-corrected chi connectivity index (χ4v) is 4.51. The van der Waals surface area contributed by atoms with Crippen LogP contribution in [0.15, 0.2) is 53.1 Å². The highest BCUT2D eigenvalue weighted by Crippen LogP contribution is 2.40. The first-order valence-corrected chi connectivity index (χ1v) is 11.7. The smallest absolute Gasteiger partial charge is 0.270 e. The van der Waals surface area contributed by atoms with Crippen LogP contribution in [0.2, 0.25) is 0 Å². The average molecular weight is 529 g/mol. The van der Waals surface area contributed by atoms with Crippen molar-refractivity contribution in [3.8, 4) is 23.0 Å². The van der Waals surface area contributed by atoms with Gasteiger partial charge < -0.3 is 24.3 Å². The summed E-state index contributed by atoms with van der Waals surface area (Å²) in [6.07, 6.45) is 2.76. The van der Waals surface area contributed by atoms with Gasteiger partial charge in [0.1, 0.15) is 5.75 Å². The number of hydrogen-bond acceptors (Lipinski definition) is 9. The van der Waals surface area contributed by atoms with Gasteiger partial charge in [0.25, 0.3) is 11.8 Å². The second kappa shape index (κ2) is 11.7. The minimum atomic E-state index is -0.699. The van der Waals surface area contributed by atoms with Crippen molar-refractivity contribution in [2.75, 3.05) is 33.8 Å². The van der Waals surface area contributed by atoms with E-state index in [0.717, 1.165) is 22.9 Å². The Labute approximate surface area is 218 Å². The number of nitrogens with one attached hydrogen (secondary N) is 1. The maximum atomic E-state index is 13.1. The van der Waals surface area contributed by atoms with E-state index >= 15 is 0 Å². The van der Waals surface area contributed by atoms with Crippen LogP contribution in [0.25, 0.3) is 6.08 Å². The van der Waals surface area contributed by atoms with Gasteiger partial charge in [-0.25, -0.2) is 0 Å². The highest BCUT2D eigenvalue weighted by molar-refractivity contribution is 8.26. The van der Waals surface area contributed by atoms with E-state index in [4.69, 9.17) is 31.2 Å². The second-order valence-electron chi connectivity index (χ2n) is 7.26. The van der Waals surface area contributed by atoms with Crippen molar-refractivity contribution in [3.05, 3.63) is 58.6 Å². The van der Waals surface area contributed by atoms with Gasteiger partial charge in [-0.3, -0.25) is 19.3 Å². The van der Waals surface area contributed by atoms with Crippen LogP contribution in [0.5, 0.6) is 23.0 Å². The Morgan fingerprint density at radius 3 is 2.14 bits per heavy atom. The molecular weight excluding hydrogens is 504 g/mol. The minimum absolute atomic E-state index is 0.169. The Bertz CT molecular complexity index is 1260. The van der Waals surface area contributed by atoms with Gasteiger partial charge in [0.2, 0.25) is 5.75 Å². The van der Waals surface area contributed by atoms with E-state index in [-0.39, 0.29) is 9.89 Å². The third kappa shape index (κ3) is 5.69. The van der Waals surface area contributed by atoms with Crippen molar-refractivity contribution in [1.29, 1.82) is 0 Å². The fourth-order valence-electron chi connectivity index (χ4n) is 3.30. The molecule has 1 saturated heterocycles. The molecule has 0 aromatic heterocycles. The molecule has 1 heterocycles. The average Bonchev–Trinajstić information content (AvgIpc) is 3.13. The molecule has 0 saturated carbocycles. The number of methoxy groups -OCH3 is 4. The molecule has 0 aliphatic carbocycles. The van der Waals surface area contributed by atoms with Crippen molar-refractivity contribution in [3.63, 3.8) is 0 Å². The van der Waals surface area contributed by atoms with Crippen LogP contribution < -0.4 is 24.3 Å². The van der Waals surface area contributed by atoms with Crippen molar-refractivity contribution in [1.82, 2.24) is 4.90 Å². The molecule has 0 atom stereocenters. The number of carbonyl (C=O) groups excluding carboxylic acids is 3. The summed E-state index contributed by atoms with van der Waals surface area (Å²) in [7, 11) is 5.94. The normalized spacial score (nSPS) is 14.6. The summed E-state index contributed by atoms with van der Waals surface area (Å²) in [6, 6.07) is 10.1. The lowest BCUT2D eigenvalue weighted by Crippen LogP contribution is -2.27. The van der Waals surface area contributed by atoms with Crippen LogP contribution in [-0.4, -0.2) is 55.3 Å². The third-order valence-electron chi connectivity index (χ3n) is 5.05. The monoisotopic (exact) mass is 528 g/mol. The zero-order valence-corrected chi connectivity index (χ0v) is 21.9. The molecule has 2 aromatic carbocycles. The molecule has 2 aromatic rings. The molecule has 9 nitrogen and oxygen atoms in total. The number of anilines is 1. The number of nitrogens with zero attached hydrogens (tertiary/aromatic N) is 1. The SMILES string of the molecule is COc1ccccc1NC(=O)C(=CN1C(=O)C(=Cc2cc(OC)c(OC)c(OC)c2)SC1=S)C(C)=O. The number of amides is 2. The van der Waals surface area contributed by atoms with Gasteiger partial charge in [0.15, 0.2) is 21.6 Å². The number of hydrogen-bond donors (Lipinski definition) is 1. The van der Waals surface area contributed by atoms with Crippen molar-refractivity contribution >= 4 is 57.7 Å². The van der Waals surface area contributed by atoms with Crippen LogP contribution in [0.3, 0.4) is 0 Å². The number of ether oxygens (including phenoxy) is 4. The molecule has 11 heteroatoms. The van der Waals surface area contributed by atoms with Gasteiger partial charge in [-0.15, -0.1) is 0 Å². The lowest BCUT2D eigenvalue weighted by Gasteiger charge is -2.14. The molecule has 1 aliphatic heterocycles. The first kappa shape index (κ1) is 26.8. The number of thiocarbonyl (C=S) groups is 1. The molecule has 2 amide bonds. The predicted octanol–water partition coefficient (Wildman–Crippen LogP) is 4.03. The van der Waals surface area contributed by atoms with E-state index in [2.05, 4.69) is 5.32 Å². The second-order valence-corrected chi connectivity index (χ2v) is 8.94. The molecule has 1 aliphatic rings. The minimum Gasteiger partial charge on any atom is -0.495 e. The quantitative estimate of drug-likeness (QED) is 0.224. The lowest BCUT2D eigenvalue weighted by molar-refractivity contribution is -0.120. The third-order valence-corrected chi connectivity index (χ3v) is 6.38. The largest absolute Gasteiger partial charge is 0.495 e. The topological polar surface area (TPSA) is 103 Å². The summed E-state index contributed by atoms with van der Waals surface area (Å²) in [6.45, 7) is 1.23. The van der Waals surface area contributed by atoms with Crippen LogP contribution in [0, 0.1) is 0 Å². The molecule has 1 N–H and O–H groups in total. The van der Waals surface area contributed by atoms with Crippen molar-refractivity contribution in [2.24, 2.45) is 0 Å². The Morgan fingerprint density at radius 1 is 0.972 bits per heavy atom. The van der Waals surface area contributed by atoms with Crippen LogP contribution in [-0.2, 0) is 14.4 Å². The van der Waals surface area contributed by atoms with E-state index in [0.29, 0.717) is 39.2 Å². The molecule has 3 rings (SSSR count). The van der Waals surface area contributed by atoms with Gasteiger partial charge >= 0.3 is 0 Å². The predicted molar refractivity (Wildman–Crippen MR) is 141 cm³/mol. The Morgan fingerprint density at radius 2 is 1.58 bits per heavy atom. The first-order valence-electron chi connectivity index (χ1n) is 10.5. The standard InChI is InChI=1S/C25H24N2O7S2/c1-14(28)16(23(29)26-17-8-6-7-9-18(17)31-2)13-27-24(30)21(36-25(27)35)12-15-10-19(32-3)22(34-5)20(11-15)33-4/h6-13H,1-5H3,(H,26,29). The number of ketones is 1. The lowest BCUT2D eigenvalue weighted by atomic mass is 10.1. The maximum Gasteiger partial charge on any atom is 0.270 e. The molecule has 188 valence electrons. The van der Waals surface area contributed by atoms with Crippen molar-refractivity contribution < 1.29 is 33.3 Å². The summed E-state index contributed by atoms with van der Waals surface area (Å²) >= 11 is 6.40. The van der Waals surface area contributed by atoms with Gasteiger partial charge in [-0.2, -0.15) is 0 Å². The molecule has 36 heavy (non-hydrogen) atoms. The summed E-state index contributed by atoms with van der Waals surface area (Å²) < 4.78 is 21.4. The Kier molecular flexibility index (Phi) is 8.73. The van der Waals surface area contributed by atoms with Crippen LogP contribution >= 0.6 is 24.0 Å². The molecule has 0 unspecified atom stereocenters. The first-order chi connectivity index (χ1) is 17.2. The Balaban J connectivity index is 1.92. The zero-order chi connectivity index (χ0) is 26.4. The number of carbonyl (C=O) groups is 3. The molecule has 0 radical (unpaired) electrons. The maximum absolute atomic E-state index is 13.1. The number of thioether (sulfide) groups is 1. The van der Waals surface area contributed by atoms with Crippen LogP contribution in [0.1, 0.15) is 12.5 Å². The van der Waals surface area contributed by atoms with Crippen molar-refractivity contribution in [2.45, 2.75) is 6.92 Å². The number of rotatable bonds is 9. The molecular formula is C25H24N2O7S2. The summed E-state index contributed by atoms with van der Waals surface area (Å²) in [5, 5.41) is 2.64. The number of para-hydroxylation sites is 2.